The second-order valence-corrected chi connectivity index (χ2v) is 10.8. The van der Waals surface area contributed by atoms with Gasteiger partial charge in [0.15, 0.2) is 0 Å². The number of rotatable bonds is 5. The average Bonchev–Trinajstić information content (AvgIpc) is 3.23. The lowest BCUT2D eigenvalue weighted by Gasteiger charge is -2.37. The molecule has 2 aliphatic heterocycles. The number of anilines is 2. The van der Waals surface area contributed by atoms with E-state index in [1.807, 2.05) is 4.90 Å². The molecule has 0 saturated carbocycles. The quantitative estimate of drug-likeness (QED) is 0.534. The summed E-state index contributed by atoms with van der Waals surface area (Å²) in [6.07, 6.45) is 2.84. The number of carbonyl (C=O) groups excluding carboxylic acids is 1. The third-order valence-corrected chi connectivity index (χ3v) is 8.78. The zero-order valence-electron chi connectivity index (χ0n) is 21.4. The summed E-state index contributed by atoms with van der Waals surface area (Å²) >= 11 is 1.52. The normalized spacial score (nSPS) is 17.4. The summed E-state index contributed by atoms with van der Waals surface area (Å²) in [5, 5.41) is 1.05. The molecule has 2 aromatic heterocycles. The molecule has 2 fully saturated rings. The lowest BCUT2D eigenvalue weighted by Crippen LogP contribution is -2.49. The maximum atomic E-state index is 13.6. The maximum absolute atomic E-state index is 13.6. The number of benzene rings is 1. The summed E-state index contributed by atoms with van der Waals surface area (Å²) in [6, 6.07) is 6.47. The van der Waals surface area contributed by atoms with Crippen molar-refractivity contribution in [2.75, 3.05) is 68.7 Å². The summed E-state index contributed by atoms with van der Waals surface area (Å²) in [6.45, 7) is 17.0. The van der Waals surface area contributed by atoms with Crippen LogP contribution in [0.2, 0.25) is 0 Å². The van der Waals surface area contributed by atoms with E-state index in [1.54, 1.807) is 6.33 Å². The smallest absolute Gasteiger partial charge is 0.264 e. The molecule has 5 rings (SSSR count). The number of nitrogens with zero attached hydrogens (tertiary/aromatic N) is 6. The van der Waals surface area contributed by atoms with Crippen LogP contribution in [0.5, 0.6) is 0 Å². The Kier molecular flexibility index (Phi) is 6.93. The number of carbonyl (C=O) groups is 1. The molecule has 0 bridgehead atoms. The minimum absolute atomic E-state index is 0.129. The van der Waals surface area contributed by atoms with E-state index in [4.69, 9.17) is 0 Å². The minimum atomic E-state index is 0.129. The van der Waals surface area contributed by atoms with Crippen LogP contribution >= 0.6 is 11.3 Å². The summed E-state index contributed by atoms with van der Waals surface area (Å²) < 4.78 is 0. The zero-order chi connectivity index (χ0) is 24.5. The molecule has 1 amide bonds. The first-order valence-electron chi connectivity index (χ1n) is 12.8. The van der Waals surface area contributed by atoms with Gasteiger partial charge in [-0.15, -0.1) is 11.3 Å². The highest BCUT2D eigenvalue weighted by Crippen LogP contribution is 2.36. The fourth-order valence-electron chi connectivity index (χ4n) is 5.37. The monoisotopic (exact) mass is 492 g/mol. The Morgan fingerprint density at radius 3 is 2.34 bits per heavy atom. The van der Waals surface area contributed by atoms with Gasteiger partial charge in [-0.05, 0) is 56.5 Å². The van der Waals surface area contributed by atoms with Gasteiger partial charge in [0.05, 0.1) is 10.3 Å². The van der Waals surface area contributed by atoms with Crippen molar-refractivity contribution < 1.29 is 4.79 Å². The molecule has 0 aliphatic carbocycles. The van der Waals surface area contributed by atoms with Gasteiger partial charge in [0.25, 0.3) is 5.91 Å². The van der Waals surface area contributed by atoms with Crippen LogP contribution in [0.3, 0.4) is 0 Å². The van der Waals surface area contributed by atoms with Gasteiger partial charge in [-0.25, -0.2) is 9.97 Å². The minimum Gasteiger partial charge on any atom is -0.368 e. The Morgan fingerprint density at radius 2 is 1.63 bits per heavy atom. The number of piperazine rings is 2. The van der Waals surface area contributed by atoms with Crippen LogP contribution in [-0.2, 0) is 0 Å². The first-order valence-corrected chi connectivity index (χ1v) is 13.6. The number of thiophene rings is 1. The van der Waals surface area contributed by atoms with Crippen molar-refractivity contribution in [2.24, 2.45) is 0 Å². The summed E-state index contributed by atoms with van der Waals surface area (Å²) in [5.74, 6) is 1.11. The third kappa shape index (κ3) is 4.61. The fourth-order valence-corrected chi connectivity index (χ4v) is 6.48. The molecular weight excluding hydrogens is 456 g/mol. The molecule has 4 heterocycles. The van der Waals surface area contributed by atoms with Crippen molar-refractivity contribution in [1.29, 1.82) is 0 Å². The number of aryl methyl sites for hydroxylation is 2. The van der Waals surface area contributed by atoms with Crippen LogP contribution in [0.1, 0.15) is 39.7 Å². The van der Waals surface area contributed by atoms with E-state index >= 15 is 0 Å². The highest BCUT2D eigenvalue weighted by atomic mass is 32.1. The van der Waals surface area contributed by atoms with Gasteiger partial charge in [0, 0.05) is 58.0 Å². The van der Waals surface area contributed by atoms with Crippen molar-refractivity contribution in [1.82, 2.24) is 19.8 Å². The first kappa shape index (κ1) is 24.0. The number of aromatic nitrogens is 2. The van der Waals surface area contributed by atoms with E-state index < -0.39 is 0 Å². The molecule has 0 unspecified atom stereocenters. The molecule has 3 aromatic rings. The van der Waals surface area contributed by atoms with Crippen LogP contribution in [0.15, 0.2) is 24.5 Å². The molecule has 8 heteroatoms. The van der Waals surface area contributed by atoms with Crippen molar-refractivity contribution in [3.8, 4) is 0 Å². The lowest BCUT2D eigenvalue weighted by atomic mass is 10.1. The van der Waals surface area contributed by atoms with Gasteiger partial charge in [0.2, 0.25) is 0 Å². The fraction of sp³-hybridized carbons (Fsp3) is 0.519. The van der Waals surface area contributed by atoms with Gasteiger partial charge in [-0.3, -0.25) is 9.69 Å². The highest BCUT2D eigenvalue weighted by Gasteiger charge is 2.28. The van der Waals surface area contributed by atoms with Crippen molar-refractivity contribution >= 4 is 39.0 Å². The maximum Gasteiger partial charge on any atom is 0.264 e. The number of fused-ring (bicyclic) bond motifs is 1. The molecule has 2 saturated heterocycles. The van der Waals surface area contributed by atoms with E-state index in [1.165, 1.54) is 34.6 Å². The van der Waals surface area contributed by atoms with Gasteiger partial charge in [0.1, 0.15) is 17.0 Å². The summed E-state index contributed by atoms with van der Waals surface area (Å²) in [5.41, 5.74) is 4.95. The van der Waals surface area contributed by atoms with E-state index in [-0.39, 0.29) is 5.91 Å². The predicted octanol–water partition coefficient (Wildman–Crippen LogP) is 4.11. The summed E-state index contributed by atoms with van der Waals surface area (Å²) in [4.78, 5) is 33.9. The van der Waals surface area contributed by atoms with Crippen LogP contribution in [-0.4, -0.2) is 84.6 Å². The molecule has 0 spiro atoms. The van der Waals surface area contributed by atoms with E-state index in [2.05, 4.69) is 70.6 Å². The number of hydrogen-bond donors (Lipinski definition) is 0. The van der Waals surface area contributed by atoms with E-state index in [0.29, 0.717) is 0 Å². The molecule has 186 valence electrons. The molecule has 0 atom stereocenters. The Hall–Kier alpha value is -2.71. The van der Waals surface area contributed by atoms with Crippen LogP contribution in [0.4, 0.5) is 11.5 Å². The van der Waals surface area contributed by atoms with Crippen molar-refractivity contribution in [3.63, 3.8) is 0 Å². The van der Waals surface area contributed by atoms with Crippen LogP contribution in [0.25, 0.3) is 10.2 Å². The Morgan fingerprint density at radius 1 is 0.914 bits per heavy atom. The van der Waals surface area contributed by atoms with Gasteiger partial charge in [-0.2, -0.15) is 0 Å². The second-order valence-electron chi connectivity index (χ2n) is 9.76. The lowest BCUT2D eigenvalue weighted by molar-refractivity contribution is 0.0751. The number of amides is 1. The van der Waals surface area contributed by atoms with E-state index in [9.17, 15) is 4.79 Å². The molecule has 7 nitrogen and oxygen atoms in total. The average molecular weight is 493 g/mol. The van der Waals surface area contributed by atoms with Gasteiger partial charge in [-0.1, -0.05) is 19.1 Å². The summed E-state index contributed by atoms with van der Waals surface area (Å²) in [7, 11) is 0. The Labute approximate surface area is 212 Å². The largest absolute Gasteiger partial charge is 0.368 e. The molecule has 0 radical (unpaired) electrons. The standard InChI is InChI=1S/C27H36N6OS/c1-5-9-30-10-12-32(13-11-30)25-23-21(4)24(35-26(23)29-18-28-25)27(34)33-16-14-31(15-17-33)22-8-6-7-19(2)20(22)3/h6-8,18H,5,9-17H2,1-4H3. The topological polar surface area (TPSA) is 55.8 Å². The zero-order valence-corrected chi connectivity index (χ0v) is 22.2. The Bertz CT molecular complexity index is 1210. The van der Waals surface area contributed by atoms with Crippen molar-refractivity contribution in [3.05, 3.63) is 46.1 Å². The molecule has 2 aliphatic rings. The molecular formula is C27H36N6OS. The predicted molar refractivity (Wildman–Crippen MR) is 145 cm³/mol. The highest BCUT2D eigenvalue weighted by molar-refractivity contribution is 7.20. The molecule has 35 heavy (non-hydrogen) atoms. The van der Waals surface area contributed by atoms with Crippen LogP contribution in [0, 0.1) is 20.8 Å². The first-order chi connectivity index (χ1) is 17.0. The van der Waals surface area contributed by atoms with Crippen LogP contribution < -0.4 is 9.80 Å². The SMILES string of the molecule is CCCN1CCN(c2ncnc3sc(C(=O)N4CCN(c5cccc(C)c5C)CC4)c(C)c23)CC1. The Balaban J connectivity index is 1.32. The molecule has 1 aromatic carbocycles. The molecule has 0 N–H and O–H groups in total. The van der Waals surface area contributed by atoms with Crippen molar-refractivity contribution in [2.45, 2.75) is 34.1 Å². The second kappa shape index (κ2) is 10.1. The third-order valence-electron chi connectivity index (χ3n) is 7.60. The van der Waals surface area contributed by atoms with E-state index in [0.717, 1.165) is 85.4 Å². The van der Waals surface area contributed by atoms with Gasteiger partial charge >= 0.3 is 0 Å². The number of hydrogen-bond acceptors (Lipinski definition) is 7. The van der Waals surface area contributed by atoms with Gasteiger partial charge < -0.3 is 14.7 Å².